The first-order valence-corrected chi connectivity index (χ1v) is 9.40. The second kappa shape index (κ2) is 9.44. The summed E-state index contributed by atoms with van der Waals surface area (Å²) in [6, 6.07) is 16.0. The molecule has 0 atom stereocenters. The highest BCUT2D eigenvalue weighted by Crippen LogP contribution is 2.24. The van der Waals surface area contributed by atoms with Crippen LogP contribution in [0.4, 0.5) is 0 Å². The van der Waals surface area contributed by atoms with Gasteiger partial charge in [-0.3, -0.25) is 0 Å². The minimum absolute atomic E-state index is 0.342. The Morgan fingerprint density at radius 2 is 1.82 bits per heavy atom. The molecule has 0 aliphatic rings. The Bertz CT molecular complexity index is 961. The number of esters is 1. The van der Waals surface area contributed by atoms with Gasteiger partial charge in [0.15, 0.2) is 0 Å². The van der Waals surface area contributed by atoms with E-state index in [2.05, 4.69) is 10.5 Å². The molecule has 0 aliphatic carbocycles. The third-order valence-electron chi connectivity index (χ3n) is 3.91. The zero-order chi connectivity index (χ0) is 19.9. The lowest BCUT2D eigenvalue weighted by Crippen LogP contribution is -2.06. The predicted molar refractivity (Wildman–Crippen MR) is 111 cm³/mol. The summed E-state index contributed by atoms with van der Waals surface area (Å²) < 4.78 is 10.7. The van der Waals surface area contributed by atoms with Crippen LogP contribution in [-0.4, -0.2) is 18.8 Å². The fourth-order valence-corrected chi connectivity index (χ4v) is 3.03. The van der Waals surface area contributed by atoms with Crippen LogP contribution in [0.1, 0.15) is 28.6 Å². The SMILES string of the molecule is CCOC(=O)c1ccc(-c2ccc(/C=N/NCc3c(Cl)cccc3Cl)o2)cc1. The molecular weight excluding hydrogens is 399 g/mol. The van der Waals surface area contributed by atoms with Crippen LogP contribution in [0.3, 0.4) is 0 Å². The molecule has 5 nitrogen and oxygen atoms in total. The highest BCUT2D eigenvalue weighted by atomic mass is 35.5. The summed E-state index contributed by atoms with van der Waals surface area (Å²) in [5, 5.41) is 5.31. The summed E-state index contributed by atoms with van der Waals surface area (Å²) in [4.78, 5) is 11.7. The van der Waals surface area contributed by atoms with Gasteiger partial charge < -0.3 is 14.6 Å². The van der Waals surface area contributed by atoms with E-state index in [4.69, 9.17) is 32.4 Å². The molecule has 2 aromatic carbocycles. The average Bonchev–Trinajstić information content (AvgIpc) is 3.16. The summed E-state index contributed by atoms with van der Waals surface area (Å²) in [6.45, 7) is 2.52. The van der Waals surface area contributed by atoms with E-state index in [1.165, 1.54) is 0 Å². The number of nitrogens with one attached hydrogen (secondary N) is 1. The number of nitrogens with zero attached hydrogens (tertiary/aromatic N) is 1. The third kappa shape index (κ3) is 4.94. The minimum atomic E-state index is -0.342. The van der Waals surface area contributed by atoms with Crippen molar-refractivity contribution in [3.05, 3.63) is 81.5 Å². The van der Waals surface area contributed by atoms with Crippen molar-refractivity contribution in [1.82, 2.24) is 5.43 Å². The van der Waals surface area contributed by atoms with Crippen LogP contribution in [0.2, 0.25) is 10.0 Å². The van der Waals surface area contributed by atoms with Crippen LogP contribution >= 0.6 is 23.2 Å². The molecule has 0 unspecified atom stereocenters. The first kappa shape index (κ1) is 20.0. The quantitative estimate of drug-likeness (QED) is 0.311. The Labute approximate surface area is 172 Å². The van der Waals surface area contributed by atoms with Crippen molar-refractivity contribution < 1.29 is 13.9 Å². The van der Waals surface area contributed by atoms with Crippen LogP contribution in [-0.2, 0) is 11.3 Å². The molecule has 28 heavy (non-hydrogen) atoms. The van der Waals surface area contributed by atoms with Crippen molar-refractivity contribution in [1.29, 1.82) is 0 Å². The molecule has 0 amide bonds. The molecule has 3 rings (SSSR count). The Balaban J connectivity index is 1.61. The number of carbonyl (C=O) groups excluding carboxylic acids is 1. The standard InChI is InChI=1S/C21H18Cl2N2O3/c1-2-27-21(26)15-8-6-14(7-9-15)20-11-10-16(28-20)12-24-25-13-17-18(22)4-3-5-19(17)23/h3-12,25H,2,13H2,1H3/b24-12+. The highest BCUT2D eigenvalue weighted by Gasteiger charge is 2.08. The number of hydrogen-bond acceptors (Lipinski definition) is 5. The first-order chi connectivity index (χ1) is 13.6. The van der Waals surface area contributed by atoms with Gasteiger partial charge in [0.1, 0.15) is 11.5 Å². The van der Waals surface area contributed by atoms with Crippen molar-refractivity contribution in [3.8, 4) is 11.3 Å². The number of hydrazone groups is 1. The molecule has 1 N–H and O–H groups in total. The topological polar surface area (TPSA) is 63.8 Å². The van der Waals surface area contributed by atoms with E-state index in [1.54, 1.807) is 43.5 Å². The number of benzene rings is 2. The summed E-state index contributed by atoms with van der Waals surface area (Å²) in [6.07, 6.45) is 1.57. The van der Waals surface area contributed by atoms with Gasteiger partial charge in [-0.2, -0.15) is 5.10 Å². The second-order valence-electron chi connectivity index (χ2n) is 5.79. The van der Waals surface area contributed by atoms with Gasteiger partial charge in [-0.05, 0) is 43.3 Å². The number of rotatable bonds is 7. The molecule has 7 heteroatoms. The molecular formula is C21H18Cl2N2O3. The number of hydrogen-bond donors (Lipinski definition) is 1. The molecule has 144 valence electrons. The fourth-order valence-electron chi connectivity index (χ4n) is 2.50. The normalized spacial score (nSPS) is 11.0. The molecule has 0 spiro atoms. The molecule has 0 saturated carbocycles. The lowest BCUT2D eigenvalue weighted by molar-refractivity contribution is 0.0526. The van der Waals surface area contributed by atoms with E-state index in [0.717, 1.165) is 11.1 Å². The zero-order valence-electron chi connectivity index (χ0n) is 15.1. The fraction of sp³-hybridized carbons (Fsp3) is 0.143. The van der Waals surface area contributed by atoms with Gasteiger partial charge in [0.05, 0.1) is 24.9 Å². The number of halogens is 2. The van der Waals surface area contributed by atoms with Crippen molar-refractivity contribution in [2.24, 2.45) is 5.10 Å². The molecule has 3 aromatic rings. The first-order valence-electron chi connectivity index (χ1n) is 8.64. The van der Waals surface area contributed by atoms with Crippen LogP contribution < -0.4 is 5.43 Å². The lowest BCUT2D eigenvalue weighted by Gasteiger charge is -2.05. The van der Waals surface area contributed by atoms with Gasteiger partial charge in [-0.1, -0.05) is 41.4 Å². The zero-order valence-corrected chi connectivity index (χ0v) is 16.6. The Kier molecular flexibility index (Phi) is 6.74. The van der Waals surface area contributed by atoms with Gasteiger partial charge >= 0.3 is 5.97 Å². The predicted octanol–water partition coefficient (Wildman–Crippen LogP) is 5.55. The van der Waals surface area contributed by atoms with Gasteiger partial charge in [-0.15, -0.1) is 0 Å². The average molecular weight is 417 g/mol. The van der Waals surface area contributed by atoms with E-state index in [-0.39, 0.29) is 5.97 Å². The van der Waals surface area contributed by atoms with Crippen molar-refractivity contribution in [3.63, 3.8) is 0 Å². The van der Waals surface area contributed by atoms with Gasteiger partial charge in [-0.25, -0.2) is 4.79 Å². The van der Waals surface area contributed by atoms with Crippen molar-refractivity contribution in [2.45, 2.75) is 13.5 Å². The molecule has 0 saturated heterocycles. The Morgan fingerprint density at radius 1 is 1.11 bits per heavy atom. The number of furan rings is 1. The number of ether oxygens (including phenoxy) is 1. The highest BCUT2D eigenvalue weighted by molar-refractivity contribution is 6.35. The largest absolute Gasteiger partial charge is 0.462 e. The maximum absolute atomic E-state index is 11.7. The number of carbonyl (C=O) groups is 1. The maximum Gasteiger partial charge on any atom is 0.338 e. The summed E-state index contributed by atoms with van der Waals surface area (Å²) in [5.41, 5.74) is 5.04. The summed E-state index contributed by atoms with van der Waals surface area (Å²) in [5.74, 6) is 0.916. The van der Waals surface area contributed by atoms with E-state index in [9.17, 15) is 4.79 Å². The van der Waals surface area contributed by atoms with E-state index in [0.29, 0.717) is 40.3 Å². The summed E-state index contributed by atoms with van der Waals surface area (Å²) in [7, 11) is 0. The Morgan fingerprint density at radius 3 is 2.50 bits per heavy atom. The van der Waals surface area contributed by atoms with Gasteiger partial charge in [0.25, 0.3) is 0 Å². The van der Waals surface area contributed by atoms with Crippen LogP contribution in [0.25, 0.3) is 11.3 Å². The van der Waals surface area contributed by atoms with Gasteiger partial charge in [0, 0.05) is 21.2 Å². The van der Waals surface area contributed by atoms with Crippen LogP contribution in [0.5, 0.6) is 0 Å². The molecule has 0 fully saturated rings. The Hall–Kier alpha value is -2.76. The van der Waals surface area contributed by atoms with Crippen LogP contribution in [0.15, 0.2) is 64.1 Å². The lowest BCUT2D eigenvalue weighted by atomic mass is 10.1. The molecule has 0 radical (unpaired) electrons. The van der Waals surface area contributed by atoms with E-state index >= 15 is 0 Å². The van der Waals surface area contributed by atoms with Gasteiger partial charge in [0.2, 0.25) is 0 Å². The minimum Gasteiger partial charge on any atom is -0.462 e. The van der Waals surface area contributed by atoms with Crippen molar-refractivity contribution >= 4 is 35.4 Å². The summed E-state index contributed by atoms with van der Waals surface area (Å²) >= 11 is 12.2. The van der Waals surface area contributed by atoms with E-state index in [1.807, 2.05) is 24.3 Å². The molecule has 1 heterocycles. The van der Waals surface area contributed by atoms with E-state index < -0.39 is 0 Å². The smallest absolute Gasteiger partial charge is 0.338 e. The third-order valence-corrected chi connectivity index (χ3v) is 4.62. The van der Waals surface area contributed by atoms with Crippen LogP contribution in [0, 0.1) is 0 Å². The molecule has 0 bridgehead atoms. The van der Waals surface area contributed by atoms with Crippen molar-refractivity contribution in [2.75, 3.05) is 6.61 Å². The maximum atomic E-state index is 11.7. The monoisotopic (exact) mass is 416 g/mol. The second-order valence-corrected chi connectivity index (χ2v) is 6.61. The molecule has 1 aromatic heterocycles. The molecule has 0 aliphatic heterocycles.